The third-order valence-corrected chi connectivity index (χ3v) is 6.20. The Morgan fingerprint density at radius 2 is 1.74 bits per heavy atom. The Balaban J connectivity index is 1.36. The molecular weight excluding hydrogens is 527 g/mol. The van der Waals surface area contributed by atoms with Crippen LogP contribution < -0.4 is 15.5 Å². The summed E-state index contributed by atoms with van der Waals surface area (Å²) in [6, 6.07) is 15.3. The molecule has 0 saturated heterocycles. The predicted molar refractivity (Wildman–Crippen MR) is 149 cm³/mol. The standard InChI is InChI=1S/C27H22F3N7OS/c1-15-5-4-6-16(2)23(15)34-26(39)35-32-14-22-31-13-20-21(33-22)12-11-19-24(20)36-37(3)25(19)17-7-9-18(10-8-17)38-27(28,29)30/h4-14H,1-3H3,(H2,34,35,39). The summed E-state index contributed by atoms with van der Waals surface area (Å²) in [4.78, 5) is 8.94. The highest BCUT2D eigenvalue weighted by molar-refractivity contribution is 7.80. The molecule has 3 aromatic carbocycles. The third kappa shape index (κ3) is 5.65. The van der Waals surface area contributed by atoms with Gasteiger partial charge in [0.1, 0.15) is 11.3 Å². The molecular formula is C27H22F3N7OS. The van der Waals surface area contributed by atoms with Gasteiger partial charge in [-0.15, -0.1) is 13.2 Å². The first-order chi connectivity index (χ1) is 18.6. The van der Waals surface area contributed by atoms with E-state index >= 15 is 0 Å². The summed E-state index contributed by atoms with van der Waals surface area (Å²) < 4.78 is 43.2. The van der Waals surface area contributed by atoms with Crippen LogP contribution in [-0.4, -0.2) is 37.4 Å². The summed E-state index contributed by atoms with van der Waals surface area (Å²) in [6.07, 6.45) is -1.62. The number of anilines is 1. The first-order valence-corrected chi connectivity index (χ1v) is 12.1. The van der Waals surface area contributed by atoms with Gasteiger partial charge in [-0.2, -0.15) is 10.2 Å². The van der Waals surface area contributed by atoms with Gasteiger partial charge in [0.15, 0.2) is 10.9 Å². The van der Waals surface area contributed by atoms with Crippen molar-refractivity contribution in [2.45, 2.75) is 20.2 Å². The molecule has 39 heavy (non-hydrogen) atoms. The van der Waals surface area contributed by atoms with Gasteiger partial charge in [-0.1, -0.05) is 18.2 Å². The molecule has 5 aromatic rings. The quantitative estimate of drug-likeness (QED) is 0.157. The van der Waals surface area contributed by atoms with Crippen molar-refractivity contribution in [2.24, 2.45) is 12.1 Å². The number of hydrogen-bond donors (Lipinski definition) is 2. The summed E-state index contributed by atoms with van der Waals surface area (Å²) in [6.45, 7) is 3.99. The number of halogens is 3. The van der Waals surface area contributed by atoms with Gasteiger partial charge in [-0.25, -0.2) is 9.97 Å². The molecule has 0 bridgehead atoms. The minimum absolute atomic E-state index is 0.290. The average molecular weight is 550 g/mol. The monoisotopic (exact) mass is 549 g/mol. The fourth-order valence-corrected chi connectivity index (χ4v) is 4.45. The smallest absolute Gasteiger partial charge is 0.406 e. The van der Waals surface area contributed by atoms with E-state index in [1.165, 1.54) is 18.3 Å². The predicted octanol–water partition coefficient (Wildman–Crippen LogP) is 6.02. The lowest BCUT2D eigenvalue weighted by atomic mass is 10.1. The van der Waals surface area contributed by atoms with Crippen LogP contribution in [0.3, 0.4) is 0 Å². The number of alkyl halides is 3. The lowest BCUT2D eigenvalue weighted by molar-refractivity contribution is -0.274. The first kappa shape index (κ1) is 26.0. The third-order valence-electron chi connectivity index (χ3n) is 6.01. The maximum Gasteiger partial charge on any atom is 0.573 e. The van der Waals surface area contributed by atoms with E-state index in [9.17, 15) is 13.2 Å². The Morgan fingerprint density at radius 3 is 2.44 bits per heavy atom. The number of nitrogens with one attached hydrogen (secondary N) is 2. The van der Waals surface area contributed by atoms with Crippen LogP contribution >= 0.6 is 12.2 Å². The van der Waals surface area contributed by atoms with Crippen molar-refractivity contribution in [3.8, 4) is 17.0 Å². The van der Waals surface area contributed by atoms with Gasteiger partial charge in [0.2, 0.25) is 0 Å². The molecule has 0 saturated carbocycles. The lowest BCUT2D eigenvalue weighted by Gasteiger charge is -2.12. The lowest BCUT2D eigenvalue weighted by Crippen LogP contribution is -2.24. The Morgan fingerprint density at radius 1 is 1.03 bits per heavy atom. The van der Waals surface area contributed by atoms with Crippen LogP contribution in [0.2, 0.25) is 0 Å². The Labute approximate surface area is 226 Å². The van der Waals surface area contributed by atoms with Gasteiger partial charge in [-0.05, 0) is 73.6 Å². The van der Waals surface area contributed by atoms with E-state index < -0.39 is 6.36 Å². The van der Waals surface area contributed by atoms with Crippen molar-refractivity contribution in [1.82, 2.24) is 25.2 Å². The van der Waals surface area contributed by atoms with Crippen LogP contribution in [0.4, 0.5) is 18.9 Å². The number of aromatic nitrogens is 4. The van der Waals surface area contributed by atoms with Crippen molar-refractivity contribution < 1.29 is 17.9 Å². The van der Waals surface area contributed by atoms with Crippen LogP contribution in [0.15, 0.2) is 65.9 Å². The van der Waals surface area contributed by atoms with E-state index in [0.29, 0.717) is 27.5 Å². The topological polar surface area (TPSA) is 89.3 Å². The van der Waals surface area contributed by atoms with E-state index in [0.717, 1.165) is 33.3 Å². The number of ether oxygens (including phenoxy) is 1. The maximum absolute atomic E-state index is 12.5. The molecule has 8 nitrogen and oxygen atoms in total. The van der Waals surface area contributed by atoms with E-state index in [1.54, 1.807) is 30.1 Å². The highest BCUT2D eigenvalue weighted by Gasteiger charge is 2.31. The van der Waals surface area contributed by atoms with Gasteiger partial charge in [0, 0.05) is 35.3 Å². The number of benzene rings is 3. The normalized spacial score (nSPS) is 11.8. The van der Waals surface area contributed by atoms with Crippen molar-refractivity contribution in [3.05, 3.63) is 77.7 Å². The zero-order valence-corrected chi connectivity index (χ0v) is 21.9. The van der Waals surface area contributed by atoms with Crippen molar-refractivity contribution in [2.75, 3.05) is 5.32 Å². The number of para-hydroxylation sites is 1. The molecule has 0 radical (unpaired) electrons. The Kier molecular flexibility index (Phi) is 6.87. The summed E-state index contributed by atoms with van der Waals surface area (Å²) in [7, 11) is 1.77. The van der Waals surface area contributed by atoms with E-state index in [2.05, 4.69) is 35.6 Å². The molecule has 0 aliphatic heterocycles. The van der Waals surface area contributed by atoms with Gasteiger partial charge in [0.25, 0.3) is 0 Å². The summed E-state index contributed by atoms with van der Waals surface area (Å²) in [5.74, 6) is 0.0859. The number of fused-ring (bicyclic) bond motifs is 3. The second-order valence-corrected chi connectivity index (χ2v) is 9.17. The van der Waals surface area contributed by atoms with E-state index in [4.69, 9.17) is 12.2 Å². The fraction of sp³-hybridized carbons (Fsp3) is 0.148. The highest BCUT2D eigenvalue weighted by atomic mass is 32.1. The van der Waals surface area contributed by atoms with Gasteiger partial charge in [0.05, 0.1) is 17.4 Å². The number of nitrogens with zero attached hydrogens (tertiary/aromatic N) is 5. The van der Waals surface area contributed by atoms with Gasteiger partial charge >= 0.3 is 6.36 Å². The number of rotatable bonds is 5. The largest absolute Gasteiger partial charge is 0.573 e. The van der Waals surface area contributed by atoms with Crippen molar-refractivity contribution >= 4 is 51.0 Å². The molecule has 0 aliphatic rings. The van der Waals surface area contributed by atoms with Crippen LogP contribution in [0.5, 0.6) is 5.75 Å². The van der Waals surface area contributed by atoms with Gasteiger partial charge < -0.3 is 10.1 Å². The maximum atomic E-state index is 12.5. The summed E-state index contributed by atoms with van der Waals surface area (Å²) in [5.41, 5.74) is 8.60. The molecule has 0 atom stereocenters. The van der Waals surface area contributed by atoms with Crippen molar-refractivity contribution in [3.63, 3.8) is 0 Å². The molecule has 2 heterocycles. The van der Waals surface area contributed by atoms with Crippen LogP contribution in [0.1, 0.15) is 17.0 Å². The zero-order valence-electron chi connectivity index (χ0n) is 21.0. The van der Waals surface area contributed by atoms with E-state index in [-0.39, 0.29) is 5.75 Å². The first-order valence-electron chi connectivity index (χ1n) is 11.7. The average Bonchev–Trinajstić information content (AvgIpc) is 3.22. The molecule has 2 N–H and O–H groups in total. The Hall–Kier alpha value is -4.58. The fourth-order valence-electron chi connectivity index (χ4n) is 4.30. The molecule has 5 rings (SSSR count). The number of thiocarbonyl (C=S) groups is 1. The molecule has 2 aromatic heterocycles. The summed E-state index contributed by atoms with van der Waals surface area (Å²) >= 11 is 5.34. The van der Waals surface area contributed by atoms with Gasteiger partial charge in [-0.3, -0.25) is 10.1 Å². The Bertz CT molecular complexity index is 1710. The number of hydrazone groups is 1. The number of aryl methyl sites for hydroxylation is 3. The molecule has 198 valence electrons. The second kappa shape index (κ2) is 10.3. The zero-order chi connectivity index (χ0) is 27.7. The molecule has 0 aliphatic carbocycles. The van der Waals surface area contributed by atoms with Crippen LogP contribution in [-0.2, 0) is 7.05 Å². The molecule has 0 fully saturated rings. The van der Waals surface area contributed by atoms with E-state index in [1.807, 2.05) is 44.2 Å². The molecule has 12 heteroatoms. The highest BCUT2D eigenvalue weighted by Crippen LogP contribution is 2.33. The van der Waals surface area contributed by atoms with Crippen LogP contribution in [0, 0.1) is 13.8 Å². The van der Waals surface area contributed by atoms with Crippen molar-refractivity contribution in [1.29, 1.82) is 0 Å². The SMILES string of the molecule is Cc1cccc(C)c1NC(=S)NN=Cc1ncc2c(ccc3c(-c4ccc(OC(F)(F)F)cc4)n(C)nc32)n1. The summed E-state index contributed by atoms with van der Waals surface area (Å²) in [5, 5.41) is 13.8. The minimum Gasteiger partial charge on any atom is -0.406 e. The van der Waals surface area contributed by atoms with Crippen LogP contribution in [0.25, 0.3) is 33.1 Å². The molecule has 0 unspecified atom stereocenters. The molecule has 0 amide bonds. The second-order valence-electron chi connectivity index (χ2n) is 8.76. The number of hydrogen-bond acceptors (Lipinski definition) is 6. The molecule has 0 spiro atoms. The minimum atomic E-state index is -4.75.